The van der Waals surface area contributed by atoms with E-state index in [1.807, 2.05) is 11.9 Å². The summed E-state index contributed by atoms with van der Waals surface area (Å²) >= 11 is 0. The lowest BCUT2D eigenvalue weighted by molar-refractivity contribution is -0.142. The lowest BCUT2D eigenvalue weighted by Gasteiger charge is -2.37. The van der Waals surface area contributed by atoms with E-state index >= 15 is 0 Å². The van der Waals surface area contributed by atoms with E-state index in [-0.39, 0.29) is 5.41 Å². The van der Waals surface area contributed by atoms with Crippen LogP contribution in [0.15, 0.2) is 0 Å². The molecule has 4 nitrogen and oxygen atoms in total. The van der Waals surface area contributed by atoms with Crippen molar-refractivity contribution in [2.45, 2.75) is 32.6 Å². The van der Waals surface area contributed by atoms with E-state index in [0.717, 1.165) is 52.1 Å². The Kier molecular flexibility index (Phi) is 4.62. The molecule has 2 atom stereocenters. The fraction of sp³-hybridized carbons (Fsp3) is 0.929. The highest BCUT2D eigenvalue weighted by atomic mass is 16.5. The molecule has 0 spiro atoms. The molecule has 2 saturated heterocycles. The number of amides is 1. The van der Waals surface area contributed by atoms with Gasteiger partial charge in [0.1, 0.15) is 0 Å². The molecule has 2 rings (SSSR count). The van der Waals surface area contributed by atoms with Crippen LogP contribution >= 0.6 is 0 Å². The van der Waals surface area contributed by atoms with Crippen molar-refractivity contribution >= 4 is 5.91 Å². The van der Waals surface area contributed by atoms with Crippen LogP contribution in [-0.2, 0) is 9.53 Å². The second-order valence-corrected chi connectivity index (χ2v) is 6.11. The lowest BCUT2D eigenvalue weighted by atomic mass is 9.81. The van der Waals surface area contributed by atoms with Crippen LogP contribution in [0.3, 0.4) is 0 Å². The van der Waals surface area contributed by atoms with Crippen LogP contribution in [0, 0.1) is 11.3 Å². The molecule has 1 amide bonds. The first-order valence-corrected chi connectivity index (χ1v) is 7.16. The highest BCUT2D eigenvalue weighted by molar-refractivity contribution is 5.82. The molecule has 2 fully saturated rings. The topological polar surface area (TPSA) is 41.6 Å². The number of carbonyl (C=O) groups excluding carboxylic acids is 1. The second-order valence-electron chi connectivity index (χ2n) is 6.11. The first-order valence-electron chi connectivity index (χ1n) is 7.16. The molecule has 2 aliphatic heterocycles. The van der Waals surface area contributed by atoms with E-state index in [1.165, 1.54) is 6.42 Å². The Bertz CT molecular complexity index is 282. The number of ether oxygens (including phenoxy) is 1. The molecule has 2 unspecified atom stereocenters. The molecule has 2 heterocycles. The minimum absolute atomic E-state index is 0.206. The van der Waals surface area contributed by atoms with E-state index in [2.05, 4.69) is 12.2 Å². The van der Waals surface area contributed by atoms with E-state index in [0.29, 0.717) is 11.8 Å². The van der Waals surface area contributed by atoms with Crippen LogP contribution in [-0.4, -0.2) is 50.7 Å². The SMILES string of the molecule is CN(CC1CCCOC1)C(=O)C1(C)CCCNC1. The van der Waals surface area contributed by atoms with E-state index < -0.39 is 0 Å². The number of nitrogens with zero attached hydrogens (tertiary/aromatic N) is 1. The molecule has 0 bridgehead atoms. The van der Waals surface area contributed by atoms with Gasteiger partial charge in [-0.05, 0) is 45.1 Å². The van der Waals surface area contributed by atoms with E-state index in [1.54, 1.807) is 0 Å². The Morgan fingerprint density at radius 2 is 2.33 bits per heavy atom. The van der Waals surface area contributed by atoms with Gasteiger partial charge in [0.2, 0.25) is 5.91 Å². The monoisotopic (exact) mass is 254 g/mol. The molecule has 2 aliphatic rings. The zero-order valence-electron chi connectivity index (χ0n) is 11.7. The largest absolute Gasteiger partial charge is 0.381 e. The van der Waals surface area contributed by atoms with Crippen LogP contribution in [0.4, 0.5) is 0 Å². The first kappa shape index (κ1) is 13.8. The summed E-state index contributed by atoms with van der Waals surface area (Å²) in [4.78, 5) is 14.5. The maximum absolute atomic E-state index is 12.5. The van der Waals surface area contributed by atoms with Crippen molar-refractivity contribution in [3.05, 3.63) is 0 Å². The summed E-state index contributed by atoms with van der Waals surface area (Å²) in [5.74, 6) is 0.813. The van der Waals surface area contributed by atoms with Gasteiger partial charge in [-0.3, -0.25) is 4.79 Å². The quantitative estimate of drug-likeness (QED) is 0.824. The van der Waals surface area contributed by atoms with Crippen LogP contribution in [0.25, 0.3) is 0 Å². The van der Waals surface area contributed by atoms with Gasteiger partial charge in [-0.2, -0.15) is 0 Å². The first-order chi connectivity index (χ1) is 8.62. The summed E-state index contributed by atoms with van der Waals surface area (Å²) in [7, 11) is 1.94. The number of nitrogens with one attached hydrogen (secondary N) is 1. The summed E-state index contributed by atoms with van der Waals surface area (Å²) in [5, 5.41) is 3.34. The van der Waals surface area contributed by atoms with Crippen molar-refractivity contribution < 1.29 is 9.53 Å². The molecule has 0 aliphatic carbocycles. The molecular weight excluding hydrogens is 228 g/mol. The molecule has 0 aromatic rings. The zero-order chi connectivity index (χ0) is 13.0. The van der Waals surface area contributed by atoms with Crippen LogP contribution in [0.5, 0.6) is 0 Å². The fourth-order valence-corrected chi connectivity index (χ4v) is 3.12. The Morgan fingerprint density at radius 3 is 2.94 bits per heavy atom. The summed E-state index contributed by atoms with van der Waals surface area (Å²) in [6.45, 7) is 6.49. The predicted octanol–water partition coefficient (Wildman–Crippen LogP) is 1.26. The van der Waals surface area contributed by atoms with Gasteiger partial charge in [0, 0.05) is 26.7 Å². The highest BCUT2D eigenvalue weighted by Crippen LogP contribution is 2.28. The standard InChI is InChI=1S/C14H26N2O2/c1-14(6-4-7-15-11-14)13(17)16(2)9-12-5-3-8-18-10-12/h12,15H,3-11H2,1-2H3. The third kappa shape index (κ3) is 3.23. The van der Waals surface area contributed by atoms with Gasteiger partial charge in [0.05, 0.1) is 12.0 Å². The summed E-state index contributed by atoms with van der Waals surface area (Å²) in [6.07, 6.45) is 4.42. The number of hydrogen-bond donors (Lipinski definition) is 1. The smallest absolute Gasteiger partial charge is 0.229 e. The molecule has 18 heavy (non-hydrogen) atoms. The molecule has 0 radical (unpaired) electrons. The molecule has 4 heteroatoms. The van der Waals surface area contributed by atoms with Gasteiger partial charge in [-0.25, -0.2) is 0 Å². The van der Waals surface area contributed by atoms with Gasteiger partial charge in [-0.15, -0.1) is 0 Å². The van der Waals surface area contributed by atoms with E-state index in [4.69, 9.17) is 4.74 Å². The Labute approximate surface area is 110 Å². The number of piperidine rings is 1. The normalized spacial score (nSPS) is 33.1. The van der Waals surface area contributed by atoms with Gasteiger partial charge in [0.25, 0.3) is 0 Å². The second kappa shape index (κ2) is 6.02. The van der Waals surface area contributed by atoms with Crippen molar-refractivity contribution in [2.24, 2.45) is 11.3 Å². The molecule has 0 aromatic heterocycles. The highest BCUT2D eigenvalue weighted by Gasteiger charge is 2.37. The molecule has 0 saturated carbocycles. The fourth-order valence-electron chi connectivity index (χ4n) is 3.12. The van der Waals surface area contributed by atoms with Gasteiger partial charge in [-0.1, -0.05) is 0 Å². The van der Waals surface area contributed by atoms with Crippen molar-refractivity contribution in [2.75, 3.05) is 39.9 Å². The molecule has 1 N–H and O–H groups in total. The van der Waals surface area contributed by atoms with Crippen LogP contribution < -0.4 is 5.32 Å². The zero-order valence-corrected chi connectivity index (χ0v) is 11.7. The third-order valence-corrected chi connectivity index (χ3v) is 4.25. The van der Waals surface area contributed by atoms with Crippen LogP contribution in [0.1, 0.15) is 32.6 Å². The average molecular weight is 254 g/mol. The van der Waals surface area contributed by atoms with Crippen molar-refractivity contribution in [1.82, 2.24) is 10.2 Å². The summed E-state index contributed by atoms with van der Waals surface area (Å²) in [6, 6.07) is 0. The molecular formula is C14H26N2O2. The minimum Gasteiger partial charge on any atom is -0.381 e. The van der Waals surface area contributed by atoms with Crippen molar-refractivity contribution in [3.63, 3.8) is 0 Å². The van der Waals surface area contributed by atoms with Gasteiger partial charge < -0.3 is 15.0 Å². The maximum Gasteiger partial charge on any atom is 0.229 e. The molecule has 104 valence electrons. The Morgan fingerprint density at radius 1 is 1.50 bits per heavy atom. The van der Waals surface area contributed by atoms with Crippen molar-refractivity contribution in [3.8, 4) is 0 Å². The number of hydrogen-bond acceptors (Lipinski definition) is 3. The Hall–Kier alpha value is -0.610. The molecule has 0 aromatic carbocycles. The van der Waals surface area contributed by atoms with Gasteiger partial charge in [0.15, 0.2) is 0 Å². The third-order valence-electron chi connectivity index (χ3n) is 4.25. The predicted molar refractivity (Wildman–Crippen MR) is 71.4 cm³/mol. The minimum atomic E-state index is -0.206. The number of rotatable bonds is 3. The maximum atomic E-state index is 12.5. The Balaban J connectivity index is 1.86. The lowest BCUT2D eigenvalue weighted by Crippen LogP contribution is -2.50. The summed E-state index contributed by atoms with van der Waals surface area (Å²) in [5.41, 5.74) is -0.206. The van der Waals surface area contributed by atoms with Crippen LogP contribution in [0.2, 0.25) is 0 Å². The number of carbonyl (C=O) groups is 1. The van der Waals surface area contributed by atoms with Crippen molar-refractivity contribution in [1.29, 1.82) is 0 Å². The van der Waals surface area contributed by atoms with E-state index in [9.17, 15) is 4.79 Å². The summed E-state index contributed by atoms with van der Waals surface area (Å²) < 4.78 is 5.48. The average Bonchev–Trinajstić information content (AvgIpc) is 2.40. The van der Waals surface area contributed by atoms with Gasteiger partial charge >= 0.3 is 0 Å².